The third kappa shape index (κ3) is 3.43. The summed E-state index contributed by atoms with van der Waals surface area (Å²) in [6.45, 7) is 11.7. The third-order valence-electron chi connectivity index (χ3n) is 3.58. The average molecular weight is 274 g/mol. The number of hydrogen-bond acceptors (Lipinski definition) is 3. The van der Waals surface area contributed by atoms with Crippen LogP contribution in [0.3, 0.4) is 0 Å². The molecule has 2 aromatic rings. The first-order valence-corrected chi connectivity index (χ1v) is 7.51. The molecule has 0 aliphatic heterocycles. The van der Waals surface area contributed by atoms with Crippen LogP contribution in [-0.2, 0) is 6.54 Å². The second-order valence-electron chi connectivity index (χ2n) is 5.26. The van der Waals surface area contributed by atoms with Crippen molar-refractivity contribution >= 4 is 11.3 Å². The average Bonchev–Trinajstić information content (AvgIpc) is 2.77. The maximum Gasteiger partial charge on any atom is 0.107 e. The molecule has 0 aliphatic carbocycles. The van der Waals surface area contributed by atoms with Gasteiger partial charge in [0.25, 0.3) is 0 Å². The van der Waals surface area contributed by atoms with Crippen molar-refractivity contribution in [1.29, 1.82) is 0 Å². The maximum atomic E-state index is 4.39. The number of thiazole rings is 1. The molecule has 19 heavy (non-hydrogen) atoms. The van der Waals surface area contributed by atoms with Crippen molar-refractivity contribution in [1.82, 2.24) is 10.3 Å². The summed E-state index contributed by atoms with van der Waals surface area (Å²) in [5.41, 5.74) is 5.47. The van der Waals surface area contributed by atoms with Crippen LogP contribution in [0.2, 0.25) is 0 Å². The van der Waals surface area contributed by atoms with E-state index in [1.165, 1.54) is 27.1 Å². The largest absolute Gasteiger partial charge is 0.304 e. The first-order chi connectivity index (χ1) is 8.97. The van der Waals surface area contributed by atoms with Crippen molar-refractivity contribution in [3.05, 3.63) is 50.5 Å². The summed E-state index contributed by atoms with van der Waals surface area (Å²) in [6.07, 6.45) is 1.94. The Bertz CT molecular complexity index is 572. The van der Waals surface area contributed by atoms with Gasteiger partial charge in [0.1, 0.15) is 5.01 Å². The van der Waals surface area contributed by atoms with E-state index in [1.54, 1.807) is 11.3 Å². The molecule has 0 aliphatic rings. The maximum absolute atomic E-state index is 4.39. The zero-order valence-electron chi connectivity index (χ0n) is 12.4. The van der Waals surface area contributed by atoms with Gasteiger partial charge in [0.2, 0.25) is 0 Å². The van der Waals surface area contributed by atoms with E-state index < -0.39 is 0 Å². The molecule has 1 aromatic carbocycles. The van der Waals surface area contributed by atoms with Crippen molar-refractivity contribution in [3.8, 4) is 0 Å². The summed E-state index contributed by atoms with van der Waals surface area (Å²) in [6, 6.07) is 4.93. The molecule has 0 saturated heterocycles. The van der Waals surface area contributed by atoms with Gasteiger partial charge in [-0.25, -0.2) is 4.98 Å². The van der Waals surface area contributed by atoms with Crippen LogP contribution in [0.5, 0.6) is 0 Å². The first kappa shape index (κ1) is 14.2. The van der Waals surface area contributed by atoms with Gasteiger partial charge < -0.3 is 5.32 Å². The summed E-state index contributed by atoms with van der Waals surface area (Å²) in [7, 11) is 0. The predicted octanol–water partition coefficient (Wildman–Crippen LogP) is 4.23. The van der Waals surface area contributed by atoms with Crippen molar-refractivity contribution in [2.24, 2.45) is 0 Å². The minimum absolute atomic E-state index is 0.350. The molecule has 3 heteroatoms. The van der Waals surface area contributed by atoms with Crippen molar-refractivity contribution in [3.63, 3.8) is 0 Å². The summed E-state index contributed by atoms with van der Waals surface area (Å²) >= 11 is 1.76. The second-order valence-corrected chi connectivity index (χ2v) is 6.58. The topological polar surface area (TPSA) is 24.9 Å². The molecule has 1 unspecified atom stereocenters. The summed E-state index contributed by atoms with van der Waals surface area (Å²) in [5.74, 6) is 0. The van der Waals surface area contributed by atoms with E-state index in [0.717, 1.165) is 11.6 Å². The molecule has 0 bridgehead atoms. The minimum Gasteiger partial charge on any atom is -0.304 e. The third-order valence-corrected chi connectivity index (χ3v) is 4.49. The number of nitrogens with zero attached hydrogens (tertiary/aromatic N) is 1. The molecular weight excluding hydrogens is 252 g/mol. The Kier molecular flexibility index (Phi) is 4.38. The van der Waals surface area contributed by atoms with E-state index >= 15 is 0 Å². The van der Waals surface area contributed by atoms with Crippen LogP contribution in [0.15, 0.2) is 18.3 Å². The highest BCUT2D eigenvalue weighted by Gasteiger charge is 2.10. The Morgan fingerprint density at radius 1 is 1.11 bits per heavy atom. The Morgan fingerprint density at radius 2 is 1.79 bits per heavy atom. The Hall–Kier alpha value is -1.19. The lowest BCUT2D eigenvalue weighted by atomic mass is 9.96. The van der Waals surface area contributed by atoms with Gasteiger partial charge in [0.05, 0.1) is 0 Å². The molecule has 1 N–H and O–H groups in total. The van der Waals surface area contributed by atoms with E-state index in [1.807, 2.05) is 6.20 Å². The molecule has 1 aromatic heterocycles. The molecule has 0 spiro atoms. The summed E-state index contributed by atoms with van der Waals surface area (Å²) in [5, 5.41) is 4.72. The number of hydrogen-bond donors (Lipinski definition) is 1. The zero-order valence-corrected chi connectivity index (χ0v) is 13.2. The highest BCUT2D eigenvalue weighted by atomic mass is 32.1. The van der Waals surface area contributed by atoms with Crippen LogP contribution < -0.4 is 5.32 Å². The van der Waals surface area contributed by atoms with Crippen molar-refractivity contribution in [2.75, 3.05) is 0 Å². The van der Waals surface area contributed by atoms with Gasteiger partial charge in [-0.2, -0.15) is 0 Å². The van der Waals surface area contributed by atoms with Crippen LogP contribution in [0.1, 0.15) is 45.1 Å². The standard InChI is InChI=1S/C16H22N2S/c1-10-6-12(3)15(7-11(10)2)14(5)17-9-16-18-8-13(4)19-16/h6-8,14,17H,9H2,1-5H3. The van der Waals surface area contributed by atoms with Gasteiger partial charge in [-0.15, -0.1) is 11.3 Å². The fourth-order valence-electron chi connectivity index (χ4n) is 2.28. The Balaban J connectivity index is 2.07. The van der Waals surface area contributed by atoms with E-state index in [0.29, 0.717) is 6.04 Å². The number of aromatic nitrogens is 1. The number of aryl methyl sites for hydroxylation is 4. The van der Waals surface area contributed by atoms with Gasteiger partial charge in [-0.1, -0.05) is 12.1 Å². The minimum atomic E-state index is 0.350. The molecule has 102 valence electrons. The molecule has 2 nitrogen and oxygen atoms in total. The van der Waals surface area contributed by atoms with Gasteiger partial charge in [0.15, 0.2) is 0 Å². The fraction of sp³-hybridized carbons (Fsp3) is 0.438. The van der Waals surface area contributed by atoms with Crippen LogP contribution in [0, 0.1) is 27.7 Å². The van der Waals surface area contributed by atoms with E-state index in [9.17, 15) is 0 Å². The molecule has 0 fully saturated rings. The summed E-state index contributed by atoms with van der Waals surface area (Å²) < 4.78 is 0. The molecule has 1 atom stereocenters. The number of nitrogens with one attached hydrogen (secondary N) is 1. The first-order valence-electron chi connectivity index (χ1n) is 6.70. The van der Waals surface area contributed by atoms with Crippen molar-refractivity contribution in [2.45, 2.75) is 47.2 Å². The Labute approximate surface area is 119 Å². The molecule has 0 radical (unpaired) electrons. The van der Waals surface area contributed by atoms with E-state index in [-0.39, 0.29) is 0 Å². The van der Waals surface area contributed by atoms with Crippen LogP contribution in [-0.4, -0.2) is 4.98 Å². The highest BCUT2D eigenvalue weighted by molar-refractivity contribution is 7.11. The molecular formula is C16H22N2S. The lowest BCUT2D eigenvalue weighted by molar-refractivity contribution is 0.570. The van der Waals surface area contributed by atoms with Crippen LogP contribution >= 0.6 is 11.3 Å². The molecule has 2 rings (SSSR count). The number of benzene rings is 1. The Morgan fingerprint density at radius 3 is 2.42 bits per heavy atom. The lowest BCUT2D eigenvalue weighted by Crippen LogP contribution is -2.19. The van der Waals surface area contributed by atoms with Gasteiger partial charge in [-0.05, 0) is 56.9 Å². The second kappa shape index (κ2) is 5.85. The predicted molar refractivity (Wildman–Crippen MR) is 82.8 cm³/mol. The summed E-state index contributed by atoms with van der Waals surface area (Å²) in [4.78, 5) is 5.66. The smallest absolute Gasteiger partial charge is 0.107 e. The van der Waals surface area contributed by atoms with Crippen LogP contribution in [0.4, 0.5) is 0 Å². The fourth-order valence-corrected chi connectivity index (χ4v) is 3.02. The molecule has 0 saturated carbocycles. The van der Waals surface area contributed by atoms with Gasteiger partial charge in [-0.3, -0.25) is 0 Å². The van der Waals surface area contributed by atoms with Crippen molar-refractivity contribution < 1.29 is 0 Å². The highest BCUT2D eigenvalue weighted by Crippen LogP contribution is 2.22. The quantitative estimate of drug-likeness (QED) is 0.902. The van der Waals surface area contributed by atoms with E-state index in [4.69, 9.17) is 0 Å². The van der Waals surface area contributed by atoms with Gasteiger partial charge >= 0.3 is 0 Å². The zero-order chi connectivity index (χ0) is 14.0. The molecule has 1 heterocycles. The lowest BCUT2D eigenvalue weighted by Gasteiger charge is -2.17. The molecule has 0 amide bonds. The SMILES string of the molecule is Cc1cnc(CNC(C)c2cc(C)c(C)cc2C)s1. The van der Waals surface area contributed by atoms with Crippen LogP contribution in [0.25, 0.3) is 0 Å². The van der Waals surface area contributed by atoms with E-state index in [2.05, 4.69) is 57.1 Å². The monoisotopic (exact) mass is 274 g/mol. The van der Waals surface area contributed by atoms with Gasteiger partial charge in [0, 0.05) is 23.7 Å². The number of rotatable bonds is 4. The normalized spacial score (nSPS) is 12.7.